The van der Waals surface area contributed by atoms with Gasteiger partial charge in [-0.2, -0.15) is 0 Å². The third-order valence-corrected chi connectivity index (χ3v) is 7.20. The average molecular weight is 508 g/mol. The van der Waals surface area contributed by atoms with E-state index in [1.54, 1.807) is 14.2 Å². The van der Waals surface area contributed by atoms with Crippen LogP contribution in [0.1, 0.15) is 24.1 Å². The molecule has 1 aliphatic rings. The Labute approximate surface area is 213 Å². The average Bonchev–Trinajstić information content (AvgIpc) is 3.29. The van der Waals surface area contributed by atoms with Gasteiger partial charge < -0.3 is 24.7 Å². The number of anilines is 2. The minimum absolute atomic E-state index is 0.0209. The predicted molar refractivity (Wildman–Crippen MR) is 148 cm³/mol. The Balaban J connectivity index is 1.72. The van der Waals surface area contributed by atoms with E-state index in [4.69, 9.17) is 9.47 Å². The number of nitrogens with zero attached hydrogens (tertiary/aromatic N) is 2. The predicted octanol–water partition coefficient (Wildman–Crippen LogP) is 4.98. The second kappa shape index (κ2) is 11.0. The van der Waals surface area contributed by atoms with Gasteiger partial charge in [0.1, 0.15) is 9.84 Å². The van der Waals surface area contributed by atoms with Crippen LogP contribution in [0.25, 0.3) is 11.1 Å². The maximum atomic E-state index is 12.5. The molecule has 190 valence electrons. The number of sulfone groups is 1. The number of fused-ring (bicyclic) bond motifs is 1. The smallest absolute Gasteiger partial charge is 0.161 e. The summed E-state index contributed by atoms with van der Waals surface area (Å²) in [6, 6.07) is 19.8. The van der Waals surface area contributed by atoms with Gasteiger partial charge in [0.05, 0.1) is 43.6 Å². The fraction of sp³-hybridized carbons (Fsp3) is 0.321. The Morgan fingerprint density at radius 1 is 1.11 bits per heavy atom. The molecule has 1 unspecified atom stereocenters. The molecule has 0 bridgehead atoms. The van der Waals surface area contributed by atoms with Crippen molar-refractivity contribution in [2.75, 3.05) is 49.7 Å². The highest BCUT2D eigenvalue weighted by atomic mass is 32.2. The van der Waals surface area contributed by atoms with E-state index in [-0.39, 0.29) is 5.75 Å². The minimum Gasteiger partial charge on any atom is -0.493 e. The zero-order valence-corrected chi connectivity index (χ0v) is 22.0. The fourth-order valence-electron chi connectivity index (χ4n) is 4.62. The Kier molecular flexibility index (Phi) is 7.84. The van der Waals surface area contributed by atoms with Crippen molar-refractivity contribution < 1.29 is 17.9 Å². The Hall–Kier alpha value is -3.52. The van der Waals surface area contributed by atoms with E-state index in [2.05, 4.69) is 45.5 Å². The van der Waals surface area contributed by atoms with Gasteiger partial charge in [-0.15, -0.1) is 0 Å². The number of benzene rings is 3. The summed E-state index contributed by atoms with van der Waals surface area (Å²) < 4.78 is 36.1. The second-order valence-corrected chi connectivity index (χ2v) is 11.0. The van der Waals surface area contributed by atoms with Crippen molar-refractivity contribution >= 4 is 27.4 Å². The summed E-state index contributed by atoms with van der Waals surface area (Å²) in [5.41, 5.74) is 6.26. The molecule has 7 nitrogen and oxygen atoms in total. The summed E-state index contributed by atoms with van der Waals surface area (Å²) in [5.74, 6) is 1.20. The monoisotopic (exact) mass is 507 g/mol. The van der Waals surface area contributed by atoms with Crippen molar-refractivity contribution in [1.82, 2.24) is 0 Å². The molecule has 0 saturated heterocycles. The van der Waals surface area contributed by atoms with Crippen molar-refractivity contribution in [3.8, 4) is 22.6 Å². The van der Waals surface area contributed by atoms with Crippen LogP contribution in [-0.2, 0) is 16.3 Å². The maximum Gasteiger partial charge on any atom is 0.161 e. The van der Waals surface area contributed by atoms with Crippen molar-refractivity contribution in [3.05, 3.63) is 71.8 Å². The number of ether oxygens (including phenoxy) is 2. The van der Waals surface area contributed by atoms with E-state index in [1.165, 1.54) is 11.8 Å². The van der Waals surface area contributed by atoms with Gasteiger partial charge in [-0.25, -0.2) is 8.42 Å². The van der Waals surface area contributed by atoms with Crippen molar-refractivity contribution in [3.63, 3.8) is 0 Å². The van der Waals surface area contributed by atoms with Crippen LogP contribution in [0.4, 0.5) is 11.4 Å². The summed E-state index contributed by atoms with van der Waals surface area (Å²) in [6.07, 6.45) is 3.95. The van der Waals surface area contributed by atoms with Gasteiger partial charge in [0.15, 0.2) is 11.5 Å². The van der Waals surface area contributed by atoms with Crippen LogP contribution in [0.2, 0.25) is 0 Å². The molecule has 8 heteroatoms. The Morgan fingerprint density at radius 2 is 1.92 bits per heavy atom. The highest BCUT2D eigenvalue weighted by Gasteiger charge is 2.31. The molecule has 3 aromatic carbocycles. The van der Waals surface area contributed by atoms with Crippen LogP contribution in [0.3, 0.4) is 0 Å². The van der Waals surface area contributed by atoms with Crippen LogP contribution < -0.4 is 19.7 Å². The fourth-order valence-corrected chi connectivity index (χ4v) is 5.57. The summed E-state index contributed by atoms with van der Waals surface area (Å²) in [4.78, 5) is 6.23. The first-order valence-electron chi connectivity index (χ1n) is 12.0. The Morgan fingerprint density at radius 3 is 2.64 bits per heavy atom. The molecule has 0 spiro atoms. The van der Waals surface area contributed by atoms with Crippen molar-refractivity contribution in [1.29, 1.82) is 0 Å². The summed E-state index contributed by atoms with van der Waals surface area (Å²) in [7, 11) is 0.104. The molecular formula is C28H33N3O4S. The number of aliphatic imine (C=N–C) groups is 1. The van der Waals surface area contributed by atoms with Crippen molar-refractivity contribution in [2.24, 2.45) is 4.99 Å². The molecule has 36 heavy (non-hydrogen) atoms. The molecule has 1 N–H and O–H groups in total. The molecule has 0 radical (unpaired) electrons. The third-order valence-electron chi connectivity index (χ3n) is 6.28. The second-order valence-electron chi connectivity index (χ2n) is 8.79. The number of hydrogen-bond acceptors (Lipinski definition) is 7. The molecule has 1 atom stereocenters. The highest BCUT2D eigenvalue weighted by Crippen LogP contribution is 2.42. The molecular weight excluding hydrogens is 474 g/mol. The Bertz CT molecular complexity index is 1350. The van der Waals surface area contributed by atoms with Crippen LogP contribution >= 0.6 is 0 Å². The molecule has 0 saturated carbocycles. The lowest BCUT2D eigenvalue weighted by Crippen LogP contribution is -2.33. The van der Waals surface area contributed by atoms with E-state index >= 15 is 0 Å². The summed E-state index contributed by atoms with van der Waals surface area (Å²) in [5, 5.41) is 3.47. The zero-order chi connectivity index (χ0) is 25.7. The third kappa shape index (κ3) is 5.65. The van der Waals surface area contributed by atoms with Crippen LogP contribution in [0.15, 0.2) is 65.7 Å². The van der Waals surface area contributed by atoms with E-state index in [0.29, 0.717) is 24.8 Å². The molecule has 3 aromatic rings. The first kappa shape index (κ1) is 25.6. The molecule has 4 rings (SSSR count). The van der Waals surface area contributed by atoms with Crippen LogP contribution in [0, 0.1) is 0 Å². The molecule has 0 fully saturated rings. The van der Waals surface area contributed by atoms with Gasteiger partial charge in [0, 0.05) is 25.9 Å². The summed E-state index contributed by atoms with van der Waals surface area (Å²) in [6.45, 7) is 2.89. The van der Waals surface area contributed by atoms with Crippen LogP contribution in [-0.4, -0.2) is 54.1 Å². The number of hydrogen-bond donors (Lipinski definition) is 1. The topological polar surface area (TPSA) is 80.2 Å². The lowest BCUT2D eigenvalue weighted by atomic mass is 9.97. The standard InChI is InChI=1S/C28H33N3O4S/c1-5-35-28-17-22(11-13-27(28)34-3)26(18-36(4,32)33)31-19-30-24-16-21(10-12-25(24)31)23-9-7-6-8-20(23)14-15-29-2/h6-13,15-17,26,30H,5,14,18-19H2,1-4H3. The SMILES string of the molecule is CCOc1cc(C(CS(C)(=O)=O)N2CNc3cc(-c4ccccc4CC=NC)ccc32)ccc1OC. The van der Waals surface area contributed by atoms with Crippen molar-refractivity contribution in [2.45, 2.75) is 19.4 Å². The largest absolute Gasteiger partial charge is 0.493 e. The maximum absolute atomic E-state index is 12.5. The van der Waals surface area contributed by atoms with Gasteiger partial charge in [0.25, 0.3) is 0 Å². The number of methoxy groups -OCH3 is 1. The first-order valence-corrected chi connectivity index (χ1v) is 14.0. The van der Waals surface area contributed by atoms with Gasteiger partial charge in [-0.3, -0.25) is 0 Å². The van der Waals surface area contributed by atoms with E-state index in [9.17, 15) is 8.42 Å². The van der Waals surface area contributed by atoms with Crippen LogP contribution in [0.5, 0.6) is 11.5 Å². The van der Waals surface area contributed by atoms with E-state index < -0.39 is 15.9 Å². The van der Waals surface area contributed by atoms with E-state index in [0.717, 1.165) is 34.5 Å². The molecule has 0 aliphatic carbocycles. The molecule has 0 aromatic heterocycles. The van der Waals surface area contributed by atoms with Gasteiger partial charge in [0.2, 0.25) is 0 Å². The van der Waals surface area contributed by atoms with Gasteiger partial charge in [-0.05, 0) is 53.4 Å². The van der Waals surface area contributed by atoms with Gasteiger partial charge >= 0.3 is 0 Å². The molecule has 1 aliphatic heterocycles. The minimum atomic E-state index is -3.27. The highest BCUT2D eigenvalue weighted by molar-refractivity contribution is 7.90. The lowest BCUT2D eigenvalue weighted by Gasteiger charge is -2.30. The lowest BCUT2D eigenvalue weighted by molar-refractivity contribution is 0.310. The van der Waals surface area contributed by atoms with E-state index in [1.807, 2.05) is 43.5 Å². The first-order chi connectivity index (χ1) is 17.3. The number of rotatable bonds is 10. The zero-order valence-electron chi connectivity index (χ0n) is 21.2. The summed E-state index contributed by atoms with van der Waals surface area (Å²) >= 11 is 0. The normalized spacial score (nSPS) is 13.9. The van der Waals surface area contributed by atoms with Gasteiger partial charge in [-0.1, -0.05) is 36.4 Å². The molecule has 1 heterocycles. The number of nitrogens with one attached hydrogen (secondary N) is 1. The molecule has 0 amide bonds. The quantitative estimate of drug-likeness (QED) is 0.390.